The Labute approximate surface area is 195 Å². The predicted octanol–water partition coefficient (Wildman–Crippen LogP) is 6.14. The zero-order chi connectivity index (χ0) is 21.8. The topological polar surface area (TPSA) is 23.6 Å². The van der Waals surface area contributed by atoms with Crippen LogP contribution < -0.4 is 0 Å². The Morgan fingerprint density at radius 2 is 1.52 bits per heavy atom. The standard InChI is InChI=1S/C27H33BrN2O/c1-3-29(4-2)27(31)22-12-10-21(11-13-22)26(28)23-18-24-14-15-25(19-23)30(24)17-16-20-8-6-5-7-9-20/h5-13,24-25H,3-4,14-19H2,1-2H3. The molecule has 2 bridgehead atoms. The lowest BCUT2D eigenvalue weighted by atomic mass is 9.94. The molecule has 2 aromatic rings. The summed E-state index contributed by atoms with van der Waals surface area (Å²) in [7, 11) is 0. The lowest BCUT2D eigenvalue weighted by Crippen LogP contribution is -2.41. The third kappa shape index (κ3) is 4.96. The van der Waals surface area contributed by atoms with Crippen molar-refractivity contribution in [3.8, 4) is 0 Å². The van der Waals surface area contributed by atoms with Crippen LogP contribution in [0.15, 0.2) is 60.2 Å². The van der Waals surface area contributed by atoms with Crippen molar-refractivity contribution >= 4 is 26.3 Å². The Morgan fingerprint density at radius 1 is 0.935 bits per heavy atom. The van der Waals surface area contributed by atoms with E-state index in [0.29, 0.717) is 12.1 Å². The van der Waals surface area contributed by atoms with Crippen LogP contribution in [-0.4, -0.2) is 47.4 Å². The lowest BCUT2D eigenvalue weighted by molar-refractivity contribution is 0.0773. The van der Waals surface area contributed by atoms with Crippen LogP contribution in [0.25, 0.3) is 4.48 Å². The highest BCUT2D eigenvalue weighted by Gasteiger charge is 2.38. The Hall–Kier alpha value is -1.91. The number of carbonyl (C=O) groups excluding carboxylic acids is 1. The number of piperidine rings is 1. The van der Waals surface area contributed by atoms with Crippen LogP contribution in [0.5, 0.6) is 0 Å². The average Bonchev–Trinajstić information content (AvgIpc) is 3.05. The maximum atomic E-state index is 12.6. The zero-order valence-electron chi connectivity index (χ0n) is 18.7. The molecule has 31 heavy (non-hydrogen) atoms. The first kappa shape index (κ1) is 22.3. The molecule has 2 heterocycles. The molecule has 3 nitrogen and oxygen atoms in total. The number of hydrogen-bond acceptors (Lipinski definition) is 2. The molecule has 0 spiro atoms. The number of amides is 1. The van der Waals surface area contributed by atoms with E-state index in [1.54, 1.807) is 0 Å². The molecular weight excluding hydrogens is 448 g/mol. The molecule has 164 valence electrons. The van der Waals surface area contributed by atoms with Crippen molar-refractivity contribution in [1.82, 2.24) is 9.80 Å². The van der Waals surface area contributed by atoms with E-state index < -0.39 is 0 Å². The van der Waals surface area contributed by atoms with Crippen molar-refractivity contribution in [2.24, 2.45) is 0 Å². The highest BCUT2D eigenvalue weighted by molar-refractivity contribution is 9.15. The Balaban J connectivity index is 1.43. The van der Waals surface area contributed by atoms with E-state index in [2.05, 4.69) is 63.3 Å². The average molecular weight is 481 g/mol. The van der Waals surface area contributed by atoms with Gasteiger partial charge in [-0.1, -0.05) is 64.0 Å². The Morgan fingerprint density at radius 3 is 2.10 bits per heavy atom. The van der Waals surface area contributed by atoms with Gasteiger partial charge in [0.1, 0.15) is 0 Å². The highest BCUT2D eigenvalue weighted by Crippen LogP contribution is 2.42. The van der Waals surface area contributed by atoms with Gasteiger partial charge < -0.3 is 4.90 Å². The molecule has 2 aromatic carbocycles. The van der Waals surface area contributed by atoms with Crippen LogP contribution in [0.1, 0.15) is 61.0 Å². The second kappa shape index (κ2) is 10.1. The molecule has 0 radical (unpaired) electrons. The zero-order valence-corrected chi connectivity index (χ0v) is 20.3. The lowest BCUT2D eigenvalue weighted by Gasteiger charge is -2.36. The molecule has 2 aliphatic rings. The predicted molar refractivity (Wildman–Crippen MR) is 132 cm³/mol. The van der Waals surface area contributed by atoms with E-state index in [0.717, 1.165) is 44.5 Å². The number of rotatable bonds is 7. The maximum Gasteiger partial charge on any atom is 0.253 e. The van der Waals surface area contributed by atoms with Crippen molar-refractivity contribution in [2.45, 2.75) is 58.0 Å². The van der Waals surface area contributed by atoms with Crippen LogP contribution in [0.2, 0.25) is 0 Å². The van der Waals surface area contributed by atoms with Crippen LogP contribution >= 0.6 is 15.9 Å². The van der Waals surface area contributed by atoms with Gasteiger partial charge >= 0.3 is 0 Å². The third-order valence-electron chi connectivity index (χ3n) is 6.98. The van der Waals surface area contributed by atoms with Gasteiger partial charge in [-0.25, -0.2) is 0 Å². The number of fused-ring (bicyclic) bond motifs is 2. The molecule has 0 saturated carbocycles. The van der Waals surface area contributed by atoms with Gasteiger partial charge in [-0.05, 0) is 69.2 Å². The van der Waals surface area contributed by atoms with Gasteiger partial charge in [0.05, 0.1) is 0 Å². The molecule has 4 rings (SSSR count). The van der Waals surface area contributed by atoms with Gasteiger partial charge in [0, 0.05) is 41.8 Å². The maximum absolute atomic E-state index is 12.6. The van der Waals surface area contributed by atoms with Crippen LogP contribution in [0, 0.1) is 0 Å². The van der Waals surface area contributed by atoms with E-state index in [4.69, 9.17) is 0 Å². The Bertz CT molecular complexity index is 902. The summed E-state index contributed by atoms with van der Waals surface area (Å²) in [5.74, 6) is 0.116. The van der Waals surface area contributed by atoms with Crippen molar-refractivity contribution in [3.63, 3.8) is 0 Å². The van der Waals surface area contributed by atoms with Crippen molar-refractivity contribution in [3.05, 3.63) is 76.9 Å². The summed E-state index contributed by atoms with van der Waals surface area (Å²) < 4.78 is 1.23. The quantitative estimate of drug-likeness (QED) is 0.474. The first-order valence-corrected chi connectivity index (χ1v) is 12.5. The molecule has 2 unspecified atom stereocenters. The first-order chi connectivity index (χ1) is 15.1. The molecular formula is C27H33BrN2O. The minimum absolute atomic E-state index is 0.116. The summed E-state index contributed by atoms with van der Waals surface area (Å²) in [4.78, 5) is 17.2. The number of carbonyl (C=O) groups is 1. The largest absolute Gasteiger partial charge is 0.339 e. The number of hydrogen-bond donors (Lipinski definition) is 0. The smallest absolute Gasteiger partial charge is 0.253 e. The molecule has 4 heteroatoms. The fourth-order valence-corrected chi connectivity index (χ4v) is 5.80. The first-order valence-electron chi connectivity index (χ1n) is 11.7. The molecule has 2 atom stereocenters. The van der Waals surface area contributed by atoms with E-state index in [9.17, 15) is 4.79 Å². The molecule has 0 N–H and O–H groups in total. The monoisotopic (exact) mass is 480 g/mol. The SMILES string of the molecule is CCN(CC)C(=O)c1ccc(C(Br)=C2CC3CCC(C2)N3CCc2ccccc2)cc1. The van der Waals surface area contributed by atoms with Crippen molar-refractivity contribution in [2.75, 3.05) is 19.6 Å². The van der Waals surface area contributed by atoms with Crippen LogP contribution in [0.3, 0.4) is 0 Å². The Kier molecular flexibility index (Phi) is 7.29. The fraction of sp³-hybridized carbons (Fsp3) is 0.444. The number of halogens is 1. The van der Waals surface area contributed by atoms with Gasteiger partial charge in [0.2, 0.25) is 0 Å². The minimum atomic E-state index is 0.116. The number of nitrogens with zero attached hydrogens (tertiary/aromatic N) is 2. The van der Waals surface area contributed by atoms with E-state index >= 15 is 0 Å². The van der Waals surface area contributed by atoms with Gasteiger partial charge in [0.25, 0.3) is 5.91 Å². The van der Waals surface area contributed by atoms with E-state index in [1.807, 2.05) is 30.9 Å². The normalized spacial score (nSPS) is 20.7. The molecule has 2 saturated heterocycles. The fourth-order valence-electron chi connectivity index (χ4n) is 5.21. The van der Waals surface area contributed by atoms with Gasteiger partial charge in [0.15, 0.2) is 0 Å². The van der Waals surface area contributed by atoms with Gasteiger partial charge in [-0.3, -0.25) is 9.69 Å². The van der Waals surface area contributed by atoms with E-state index in [1.165, 1.54) is 34.0 Å². The van der Waals surface area contributed by atoms with Crippen molar-refractivity contribution in [1.29, 1.82) is 0 Å². The molecule has 2 fully saturated rings. The van der Waals surface area contributed by atoms with E-state index in [-0.39, 0.29) is 5.91 Å². The highest BCUT2D eigenvalue weighted by atomic mass is 79.9. The summed E-state index contributed by atoms with van der Waals surface area (Å²) in [5, 5.41) is 0. The van der Waals surface area contributed by atoms with Crippen LogP contribution in [0.4, 0.5) is 0 Å². The molecule has 2 aliphatic heterocycles. The second-order valence-electron chi connectivity index (χ2n) is 8.74. The summed E-state index contributed by atoms with van der Waals surface area (Å²) in [6.07, 6.45) is 6.04. The van der Waals surface area contributed by atoms with Crippen LogP contribution in [-0.2, 0) is 6.42 Å². The number of benzene rings is 2. The van der Waals surface area contributed by atoms with Crippen molar-refractivity contribution < 1.29 is 4.79 Å². The minimum Gasteiger partial charge on any atom is -0.339 e. The van der Waals surface area contributed by atoms with Gasteiger partial charge in [-0.2, -0.15) is 0 Å². The van der Waals surface area contributed by atoms with Gasteiger partial charge in [-0.15, -0.1) is 0 Å². The molecule has 1 amide bonds. The molecule has 0 aromatic heterocycles. The third-order valence-corrected chi connectivity index (χ3v) is 8.00. The summed E-state index contributed by atoms with van der Waals surface area (Å²) >= 11 is 3.91. The molecule has 0 aliphatic carbocycles. The summed E-state index contributed by atoms with van der Waals surface area (Å²) in [6, 6.07) is 20.3. The second-order valence-corrected chi connectivity index (χ2v) is 9.53. The summed E-state index contributed by atoms with van der Waals surface area (Å²) in [6.45, 7) is 6.70. The summed E-state index contributed by atoms with van der Waals surface area (Å²) in [5.41, 5.74) is 4.92.